The van der Waals surface area contributed by atoms with E-state index >= 15 is 0 Å². The lowest BCUT2D eigenvalue weighted by molar-refractivity contribution is -0.0241. The van der Waals surface area contributed by atoms with Crippen molar-refractivity contribution >= 4 is 12.6 Å². The Bertz CT molecular complexity index is 185. The zero-order chi connectivity index (χ0) is 10.1. The summed E-state index contributed by atoms with van der Waals surface area (Å²) in [6.07, 6.45) is 2.64. The average Bonchev–Trinajstić information content (AvgIpc) is 2.57. The Morgan fingerprint density at radius 2 is 1.43 bits per heavy atom. The van der Waals surface area contributed by atoms with E-state index in [4.69, 9.17) is 9.47 Å². The van der Waals surface area contributed by atoms with Crippen LogP contribution < -0.4 is 10.6 Å². The Kier molecular flexibility index (Phi) is 3.34. The molecule has 0 amide bonds. The molecule has 2 rings (SSSR count). The molecule has 1 aliphatic heterocycles. The van der Waals surface area contributed by atoms with Crippen molar-refractivity contribution in [3.05, 3.63) is 0 Å². The second-order valence-electron chi connectivity index (χ2n) is 3.91. The van der Waals surface area contributed by atoms with Gasteiger partial charge >= 0.3 is 0 Å². The predicted molar refractivity (Wildman–Crippen MR) is 57.4 cm³/mol. The van der Waals surface area contributed by atoms with Crippen LogP contribution in [0.5, 0.6) is 0 Å². The van der Waals surface area contributed by atoms with Gasteiger partial charge in [0.2, 0.25) is 0 Å². The third-order valence-corrected chi connectivity index (χ3v) is 3.53. The van der Waals surface area contributed by atoms with Crippen LogP contribution in [-0.4, -0.2) is 44.0 Å². The molecule has 1 heterocycles. The molecular formula is C9H18N2O2S. The molecule has 1 saturated carbocycles. The minimum Gasteiger partial charge on any atom is -0.380 e. The van der Waals surface area contributed by atoms with Crippen molar-refractivity contribution < 1.29 is 9.47 Å². The van der Waals surface area contributed by atoms with E-state index in [1.807, 2.05) is 0 Å². The van der Waals surface area contributed by atoms with Gasteiger partial charge in [-0.15, -0.1) is 12.6 Å². The van der Waals surface area contributed by atoms with Crippen molar-refractivity contribution in [2.24, 2.45) is 0 Å². The van der Waals surface area contributed by atoms with Crippen LogP contribution in [-0.2, 0) is 9.47 Å². The van der Waals surface area contributed by atoms with Crippen molar-refractivity contribution in [1.82, 2.24) is 10.6 Å². The van der Waals surface area contributed by atoms with Crippen LogP contribution in [0.2, 0.25) is 0 Å². The number of thiol groups is 1. The third kappa shape index (κ3) is 1.79. The number of ether oxygens (including phenoxy) is 2. The highest BCUT2D eigenvalue weighted by molar-refractivity contribution is 7.80. The minimum atomic E-state index is 0.0541. The summed E-state index contributed by atoms with van der Waals surface area (Å²) in [6, 6.07) is 0.641. The zero-order valence-electron chi connectivity index (χ0n) is 8.56. The normalized spacial score (nSPS) is 47.8. The first-order chi connectivity index (χ1) is 6.76. The maximum absolute atomic E-state index is 5.45. The second-order valence-corrected chi connectivity index (χ2v) is 4.43. The fourth-order valence-corrected chi connectivity index (χ4v) is 2.86. The van der Waals surface area contributed by atoms with E-state index in [2.05, 4.69) is 23.3 Å². The highest BCUT2D eigenvalue weighted by Gasteiger charge is 2.44. The van der Waals surface area contributed by atoms with Crippen LogP contribution in [0, 0.1) is 0 Å². The first-order valence-electron chi connectivity index (χ1n) is 5.02. The van der Waals surface area contributed by atoms with E-state index in [1.54, 1.807) is 14.2 Å². The first kappa shape index (κ1) is 10.7. The van der Waals surface area contributed by atoms with Gasteiger partial charge in [-0.25, -0.2) is 0 Å². The summed E-state index contributed by atoms with van der Waals surface area (Å²) in [5, 5.41) is 6.74. The first-order valence-corrected chi connectivity index (χ1v) is 5.53. The van der Waals surface area contributed by atoms with E-state index in [0.717, 1.165) is 12.8 Å². The smallest absolute Gasteiger partial charge is 0.103 e. The van der Waals surface area contributed by atoms with Gasteiger partial charge in [-0.2, -0.15) is 0 Å². The molecule has 0 aromatic rings. The molecular weight excluding hydrogens is 200 g/mol. The summed E-state index contributed by atoms with van der Waals surface area (Å²) in [5.74, 6) is 0. The standard InChI is InChI=1S/C9H18N2O2S/c1-12-5-3-4-6(13-2)8-7(5)10-9(14)11-8/h5-11,14H,3-4H2,1-2H3. The van der Waals surface area contributed by atoms with Gasteiger partial charge in [0.15, 0.2) is 0 Å². The summed E-state index contributed by atoms with van der Waals surface area (Å²) in [6.45, 7) is 0. The van der Waals surface area contributed by atoms with Gasteiger partial charge < -0.3 is 9.47 Å². The summed E-state index contributed by atoms with van der Waals surface area (Å²) in [7, 11) is 3.53. The largest absolute Gasteiger partial charge is 0.380 e. The molecule has 1 aliphatic carbocycles. The molecule has 4 unspecified atom stereocenters. The maximum atomic E-state index is 5.45. The molecule has 2 aliphatic rings. The van der Waals surface area contributed by atoms with E-state index < -0.39 is 0 Å². The van der Waals surface area contributed by atoms with Gasteiger partial charge in [0.05, 0.1) is 24.3 Å². The molecule has 82 valence electrons. The van der Waals surface area contributed by atoms with Crippen LogP contribution in [0.25, 0.3) is 0 Å². The van der Waals surface area contributed by atoms with Gasteiger partial charge in [0.1, 0.15) is 5.50 Å². The molecule has 5 heteroatoms. The minimum absolute atomic E-state index is 0.0541. The van der Waals surface area contributed by atoms with Gasteiger partial charge in [0.25, 0.3) is 0 Å². The quantitative estimate of drug-likeness (QED) is 0.569. The summed E-state index contributed by atoms with van der Waals surface area (Å²) < 4.78 is 10.9. The second kappa shape index (κ2) is 4.37. The lowest BCUT2D eigenvalue weighted by Gasteiger charge is -2.37. The Labute approximate surface area is 90.1 Å². The number of methoxy groups -OCH3 is 2. The SMILES string of the molecule is COC1CCC(OC)C2NC(S)NC12. The lowest BCUT2D eigenvalue weighted by Crippen LogP contribution is -2.54. The third-order valence-electron chi connectivity index (χ3n) is 3.23. The van der Waals surface area contributed by atoms with Crippen LogP contribution in [0.3, 0.4) is 0 Å². The Balaban J connectivity index is 2.08. The van der Waals surface area contributed by atoms with Crippen LogP contribution in [0.15, 0.2) is 0 Å². The predicted octanol–water partition coefficient (Wildman–Crippen LogP) is -0.0464. The van der Waals surface area contributed by atoms with Crippen molar-refractivity contribution in [2.75, 3.05) is 14.2 Å². The highest BCUT2D eigenvalue weighted by atomic mass is 32.1. The molecule has 0 bridgehead atoms. The Morgan fingerprint density at radius 3 is 1.79 bits per heavy atom. The van der Waals surface area contributed by atoms with Crippen molar-refractivity contribution in [3.8, 4) is 0 Å². The van der Waals surface area contributed by atoms with Crippen LogP contribution in [0.1, 0.15) is 12.8 Å². The molecule has 2 fully saturated rings. The molecule has 0 spiro atoms. The number of fused-ring (bicyclic) bond motifs is 1. The van der Waals surface area contributed by atoms with Crippen LogP contribution in [0.4, 0.5) is 0 Å². The number of nitrogens with one attached hydrogen (secondary N) is 2. The molecule has 4 atom stereocenters. The maximum Gasteiger partial charge on any atom is 0.103 e. The van der Waals surface area contributed by atoms with Crippen LogP contribution >= 0.6 is 12.6 Å². The summed E-state index contributed by atoms with van der Waals surface area (Å²) >= 11 is 4.37. The Hall–Kier alpha value is 0.190. The highest BCUT2D eigenvalue weighted by Crippen LogP contribution is 2.27. The molecule has 0 radical (unpaired) electrons. The molecule has 14 heavy (non-hydrogen) atoms. The summed E-state index contributed by atoms with van der Waals surface area (Å²) in [5.41, 5.74) is 0.0541. The Morgan fingerprint density at radius 1 is 1.00 bits per heavy atom. The van der Waals surface area contributed by atoms with Gasteiger partial charge in [-0.05, 0) is 12.8 Å². The van der Waals surface area contributed by atoms with Crippen molar-refractivity contribution in [3.63, 3.8) is 0 Å². The topological polar surface area (TPSA) is 42.5 Å². The molecule has 2 N–H and O–H groups in total. The fraction of sp³-hybridized carbons (Fsp3) is 1.00. The molecule has 0 aromatic heterocycles. The average molecular weight is 218 g/mol. The van der Waals surface area contributed by atoms with Crippen molar-refractivity contribution in [2.45, 2.75) is 42.6 Å². The fourth-order valence-electron chi connectivity index (χ4n) is 2.51. The van der Waals surface area contributed by atoms with Crippen molar-refractivity contribution in [1.29, 1.82) is 0 Å². The number of hydrogen-bond donors (Lipinski definition) is 3. The van der Waals surface area contributed by atoms with E-state index in [0.29, 0.717) is 12.1 Å². The number of hydrogen-bond acceptors (Lipinski definition) is 5. The molecule has 0 aromatic carbocycles. The van der Waals surface area contributed by atoms with E-state index in [-0.39, 0.29) is 17.7 Å². The number of rotatable bonds is 2. The van der Waals surface area contributed by atoms with Gasteiger partial charge in [-0.1, -0.05) is 0 Å². The zero-order valence-corrected chi connectivity index (χ0v) is 9.46. The van der Waals surface area contributed by atoms with Gasteiger partial charge in [0, 0.05) is 14.2 Å². The monoisotopic (exact) mass is 218 g/mol. The van der Waals surface area contributed by atoms with E-state index in [9.17, 15) is 0 Å². The molecule has 4 nitrogen and oxygen atoms in total. The van der Waals surface area contributed by atoms with E-state index in [1.165, 1.54) is 0 Å². The lowest BCUT2D eigenvalue weighted by atomic mass is 9.86. The summed E-state index contributed by atoms with van der Waals surface area (Å²) in [4.78, 5) is 0. The molecule has 1 saturated heterocycles. The van der Waals surface area contributed by atoms with Gasteiger partial charge in [-0.3, -0.25) is 10.6 Å².